The molecule has 0 radical (unpaired) electrons. The highest BCUT2D eigenvalue weighted by Gasteiger charge is 2.24. The van der Waals surface area contributed by atoms with Crippen molar-refractivity contribution in [3.8, 4) is 0 Å². The Labute approximate surface area is 148 Å². The van der Waals surface area contributed by atoms with Crippen molar-refractivity contribution >= 4 is 29.2 Å². The summed E-state index contributed by atoms with van der Waals surface area (Å²) in [4.78, 5) is 34.5. The van der Waals surface area contributed by atoms with E-state index in [9.17, 15) is 19.7 Å². The molecule has 0 bridgehead atoms. The Morgan fingerprint density at radius 3 is 2.60 bits per heavy atom. The van der Waals surface area contributed by atoms with Crippen molar-refractivity contribution in [2.45, 2.75) is 12.5 Å². The van der Waals surface area contributed by atoms with E-state index in [1.54, 1.807) is 24.3 Å². The Balaban J connectivity index is 2.21. The van der Waals surface area contributed by atoms with Gasteiger partial charge in [-0.25, -0.2) is 4.79 Å². The molecule has 130 valence electrons. The number of nitrogens with zero attached hydrogens (tertiary/aromatic N) is 1. The molecule has 0 aliphatic carbocycles. The zero-order valence-corrected chi connectivity index (χ0v) is 14.0. The van der Waals surface area contributed by atoms with E-state index in [0.717, 1.165) is 6.07 Å². The number of non-ortho nitro benzene ring substituents is 1. The number of hydrogen-bond donors (Lipinski definition) is 1. The molecule has 1 N–H and O–H groups in total. The number of rotatable bonds is 6. The summed E-state index contributed by atoms with van der Waals surface area (Å²) in [5.74, 6) is -1.26. The van der Waals surface area contributed by atoms with Gasteiger partial charge in [0.25, 0.3) is 11.6 Å². The molecule has 0 fully saturated rings. The Morgan fingerprint density at radius 1 is 1.24 bits per heavy atom. The van der Waals surface area contributed by atoms with Crippen LogP contribution in [0.5, 0.6) is 0 Å². The fourth-order valence-corrected chi connectivity index (χ4v) is 2.43. The third-order valence-electron chi connectivity index (χ3n) is 3.49. The molecule has 2 aromatic carbocycles. The number of nitrogens with one attached hydrogen (secondary N) is 1. The second kappa shape index (κ2) is 8.25. The molecule has 1 atom stereocenters. The maximum Gasteiger partial charge on any atom is 0.328 e. The maximum absolute atomic E-state index is 12.4. The monoisotopic (exact) mass is 362 g/mol. The van der Waals surface area contributed by atoms with Gasteiger partial charge in [-0.15, -0.1) is 0 Å². The number of benzene rings is 2. The van der Waals surface area contributed by atoms with Crippen LogP contribution in [-0.4, -0.2) is 30.0 Å². The average Bonchev–Trinajstić information content (AvgIpc) is 2.62. The Kier molecular flexibility index (Phi) is 6.08. The molecule has 0 heterocycles. The summed E-state index contributed by atoms with van der Waals surface area (Å²) in [6.07, 6.45) is 0.132. The van der Waals surface area contributed by atoms with Gasteiger partial charge in [0.1, 0.15) is 6.04 Å². The third kappa shape index (κ3) is 4.77. The van der Waals surface area contributed by atoms with Crippen LogP contribution in [0.25, 0.3) is 0 Å². The third-order valence-corrected chi connectivity index (χ3v) is 3.86. The molecule has 0 spiro atoms. The molecule has 0 aromatic heterocycles. The molecule has 0 unspecified atom stereocenters. The first-order valence-electron chi connectivity index (χ1n) is 7.29. The first-order chi connectivity index (χ1) is 11.9. The van der Waals surface area contributed by atoms with E-state index in [2.05, 4.69) is 5.32 Å². The molecule has 2 rings (SSSR count). The van der Waals surface area contributed by atoms with Gasteiger partial charge < -0.3 is 10.1 Å². The molecule has 0 aliphatic heterocycles. The number of halogens is 1. The lowest BCUT2D eigenvalue weighted by atomic mass is 10.1. The standard InChI is InChI=1S/C17H15ClN2O5/c1-25-17(22)15(10-11-5-2-3-8-14(11)18)19-16(21)12-6-4-7-13(9-12)20(23)24/h2-9,15H,10H2,1H3,(H,19,21)/t15-/m0/s1. The van der Waals surface area contributed by atoms with Crippen molar-refractivity contribution < 1.29 is 19.2 Å². The molecule has 0 saturated carbocycles. The van der Waals surface area contributed by atoms with E-state index in [0.29, 0.717) is 10.6 Å². The number of carbonyl (C=O) groups excluding carboxylic acids is 2. The van der Waals surface area contributed by atoms with E-state index in [1.165, 1.54) is 25.3 Å². The first kappa shape index (κ1) is 18.4. The molecule has 2 aromatic rings. The number of amides is 1. The van der Waals surface area contributed by atoms with Crippen LogP contribution in [0.1, 0.15) is 15.9 Å². The smallest absolute Gasteiger partial charge is 0.328 e. The van der Waals surface area contributed by atoms with E-state index >= 15 is 0 Å². The molecule has 0 saturated heterocycles. The van der Waals surface area contributed by atoms with Crippen molar-refractivity contribution in [1.82, 2.24) is 5.32 Å². The molecule has 1 amide bonds. The van der Waals surface area contributed by atoms with Gasteiger partial charge in [-0.2, -0.15) is 0 Å². The average molecular weight is 363 g/mol. The minimum Gasteiger partial charge on any atom is -0.467 e. The summed E-state index contributed by atoms with van der Waals surface area (Å²) in [5.41, 5.74) is 0.523. The maximum atomic E-state index is 12.4. The van der Waals surface area contributed by atoms with Crippen LogP contribution in [0.3, 0.4) is 0 Å². The van der Waals surface area contributed by atoms with Gasteiger partial charge in [0.15, 0.2) is 0 Å². The van der Waals surface area contributed by atoms with Gasteiger partial charge in [-0.3, -0.25) is 14.9 Å². The highest BCUT2D eigenvalue weighted by molar-refractivity contribution is 6.31. The SMILES string of the molecule is COC(=O)[C@H](Cc1ccccc1Cl)NC(=O)c1cccc([N+](=O)[O-])c1. The van der Waals surface area contributed by atoms with E-state index in [1.807, 2.05) is 0 Å². The Bertz CT molecular complexity index is 809. The van der Waals surface area contributed by atoms with E-state index in [-0.39, 0.29) is 17.7 Å². The van der Waals surface area contributed by atoms with Crippen LogP contribution < -0.4 is 5.32 Å². The number of methoxy groups -OCH3 is 1. The van der Waals surface area contributed by atoms with Crippen molar-refractivity contribution in [3.63, 3.8) is 0 Å². The fraction of sp³-hybridized carbons (Fsp3) is 0.176. The molecular formula is C17H15ClN2O5. The predicted octanol–water partition coefficient (Wildman–Crippen LogP) is 2.76. The quantitative estimate of drug-likeness (QED) is 0.484. The van der Waals surface area contributed by atoms with Gasteiger partial charge in [0.05, 0.1) is 12.0 Å². The number of nitro groups is 1. The fourth-order valence-electron chi connectivity index (χ4n) is 2.22. The van der Waals surface area contributed by atoms with E-state index < -0.39 is 22.8 Å². The van der Waals surface area contributed by atoms with Gasteiger partial charge >= 0.3 is 5.97 Å². The summed E-state index contributed by atoms with van der Waals surface area (Å²) in [6.45, 7) is 0. The zero-order chi connectivity index (χ0) is 18.4. The van der Waals surface area contributed by atoms with E-state index in [4.69, 9.17) is 16.3 Å². The summed E-state index contributed by atoms with van der Waals surface area (Å²) < 4.78 is 4.72. The van der Waals surface area contributed by atoms with Crippen LogP contribution >= 0.6 is 11.6 Å². The number of esters is 1. The van der Waals surface area contributed by atoms with Crippen molar-refractivity contribution in [2.24, 2.45) is 0 Å². The van der Waals surface area contributed by atoms with Gasteiger partial charge in [-0.05, 0) is 17.7 Å². The van der Waals surface area contributed by atoms with Gasteiger partial charge in [0.2, 0.25) is 0 Å². The van der Waals surface area contributed by atoms with Crippen molar-refractivity contribution in [1.29, 1.82) is 0 Å². The summed E-state index contributed by atoms with van der Waals surface area (Å²) >= 11 is 6.09. The topological polar surface area (TPSA) is 98.5 Å². The number of nitro benzene ring substituents is 1. The molecule has 0 aliphatic rings. The summed E-state index contributed by atoms with van der Waals surface area (Å²) in [5, 5.41) is 13.8. The second-order valence-corrected chi connectivity index (χ2v) is 5.56. The number of hydrogen-bond acceptors (Lipinski definition) is 5. The second-order valence-electron chi connectivity index (χ2n) is 5.15. The molecule has 7 nitrogen and oxygen atoms in total. The number of carbonyl (C=O) groups is 2. The highest BCUT2D eigenvalue weighted by Crippen LogP contribution is 2.18. The largest absolute Gasteiger partial charge is 0.467 e. The van der Waals surface area contributed by atoms with Gasteiger partial charge in [0, 0.05) is 29.1 Å². The van der Waals surface area contributed by atoms with Crippen LogP contribution in [0.2, 0.25) is 5.02 Å². The Hall–Kier alpha value is -2.93. The minimum atomic E-state index is -0.975. The minimum absolute atomic E-state index is 0.0715. The molecule has 8 heteroatoms. The zero-order valence-electron chi connectivity index (χ0n) is 13.3. The van der Waals surface area contributed by atoms with Crippen molar-refractivity contribution in [2.75, 3.05) is 7.11 Å². The lowest BCUT2D eigenvalue weighted by molar-refractivity contribution is -0.384. The van der Waals surface area contributed by atoms with Crippen LogP contribution in [0, 0.1) is 10.1 Å². The lowest BCUT2D eigenvalue weighted by Gasteiger charge is -2.17. The Morgan fingerprint density at radius 2 is 1.96 bits per heavy atom. The number of ether oxygens (including phenoxy) is 1. The van der Waals surface area contributed by atoms with Crippen molar-refractivity contribution in [3.05, 3.63) is 74.8 Å². The highest BCUT2D eigenvalue weighted by atomic mass is 35.5. The van der Waals surface area contributed by atoms with Crippen LogP contribution in [0.4, 0.5) is 5.69 Å². The first-order valence-corrected chi connectivity index (χ1v) is 7.66. The van der Waals surface area contributed by atoms with Gasteiger partial charge in [-0.1, -0.05) is 35.9 Å². The normalized spacial score (nSPS) is 11.4. The lowest BCUT2D eigenvalue weighted by Crippen LogP contribution is -2.43. The molecule has 25 heavy (non-hydrogen) atoms. The summed E-state index contributed by atoms with van der Waals surface area (Å²) in [6, 6.07) is 11.2. The molecular weight excluding hydrogens is 348 g/mol. The van der Waals surface area contributed by atoms with Crippen LogP contribution in [-0.2, 0) is 16.0 Å². The predicted molar refractivity (Wildman–Crippen MR) is 91.5 cm³/mol. The van der Waals surface area contributed by atoms with Crippen LogP contribution in [0.15, 0.2) is 48.5 Å². The summed E-state index contributed by atoms with van der Waals surface area (Å²) in [7, 11) is 1.21.